The van der Waals surface area contributed by atoms with Gasteiger partial charge in [0.1, 0.15) is 5.75 Å². The number of sulfonamides is 1. The van der Waals surface area contributed by atoms with Crippen LogP contribution in [-0.2, 0) is 10.0 Å². The molecule has 7 heteroatoms. The molecule has 0 bridgehead atoms. The number of rotatable bonds is 7. The van der Waals surface area contributed by atoms with Gasteiger partial charge in [0, 0.05) is 6.54 Å². The van der Waals surface area contributed by atoms with Crippen LogP contribution in [0.2, 0.25) is 0 Å². The van der Waals surface area contributed by atoms with Crippen LogP contribution in [0.25, 0.3) is 0 Å². The van der Waals surface area contributed by atoms with Crippen LogP contribution in [0, 0.1) is 0 Å². The average molecular weight is 287 g/mol. The van der Waals surface area contributed by atoms with Gasteiger partial charge in [0.05, 0.1) is 17.2 Å². The Morgan fingerprint density at radius 3 is 2.58 bits per heavy atom. The molecule has 0 aromatic heterocycles. The van der Waals surface area contributed by atoms with Crippen molar-refractivity contribution in [2.24, 2.45) is 0 Å². The van der Waals surface area contributed by atoms with E-state index in [-0.39, 0.29) is 4.90 Å². The van der Waals surface area contributed by atoms with E-state index in [1.165, 1.54) is 19.2 Å². The van der Waals surface area contributed by atoms with Crippen molar-refractivity contribution in [2.75, 3.05) is 40.0 Å². The summed E-state index contributed by atoms with van der Waals surface area (Å²) in [5.41, 5.74) is 6.11. The summed E-state index contributed by atoms with van der Waals surface area (Å²) in [6.45, 7) is 1.46. The highest BCUT2D eigenvalue weighted by Gasteiger charge is 2.13. The zero-order valence-corrected chi connectivity index (χ0v) is 12.3. The molecular weight excluding hydrogens is 266 g/mol. The van der Waals surface area contributed by atoms with E-state index in [9.17, 15) is 8.42 Å². The van der Waals surface area contributed by atoms with Gasteiger partial charge < -0.3 is 15.4 Å². The summed E-state index contributed by atoms with van der Waals surface area (Å²) in [4.78, 5) is 2.20. The van der Waals surface area contributed by atoms with Crippen LogP contribution < -0.4 is 15.2 Å². The highest BCUT2D eigenvalue weighted by molar-refractivity contribution is 7.89. The predicted molar refractivity (Wildman–Crippen MR) is 75.8 cm³/mol. The summed E-state index contributed by atoms with van der Waals surface area (Å²) < 4.78 is 30.9. The Bertz CT molecular complexity index is 515. The molecule has 19 heavy (non-hydrogen) atoms. The lowest BCUT2D eigenvalue weighted by Gasteiger charge is -2.12. The second-order valence-corrected chi connectivity index (χ2v) is 6.30. The van der Waals surface area contributed by atoms with Crippen molar-refractivity contribution in [3.05, 3.63) is 18.2 Å². The van der Waals surface area contributed by atoms with Crippen molar-refractivity contribution in [1.29, 1.82) is 0 Å². The predicted octanol–water partition coefficient (Wildman–Crippen LogP) is 0.507. The Morgan fingerprint density at radius 2 is 2.05 bits per heavy atom. The van der Waals surface area contributed by atoms with Crippen LogP contribution in [0.4, 0.5) is 5.69 Å². The number of nitrogens with one attached hydrogen (secondary N) is 1. The Balaban J connectivity index is 2.68. The molecule has 0 spiro atoms. The van der Waals surface area contributed by atoms with E-state index >= 15 is 0 Å². The third kappa shape index (κ3) is 4.70. The number of ether oxygens (including phenoxy) is 1. The molecular formula is C12H21N3O3S. The van der Waals surface area contributed by atoms with Gasteiger partial charge in [-0.05, 0) is 45.8 Å². The van der Waals surface area contributed by atoms with Crippen molar-refractivity contribution < 1.29 is 13.2 Å². The molecule has 0 radical (unpaired) electrons. The lowest BCUT2D eigenvalue weighted by molar-refractivity contribution is 0.282. The van der Waals surface area contributed by atoms with Gasteiger partial charge in [-0.3, -0.25) is 0 Å². The molecule has 0 aliphatic rings. The minimum atomic E-state index is -3.47. The molecule has 0 fully saturated rings. The molecule has 6 nitrogen and oxygen atoms in total. The van der Waals surface area contributed by atoms with Crippen LogP contribution in [-0.4, -0.2) is 47.6 Å². The molecule has 0 unspecified atom stereocenters. The lowest BCUT2D eigenvalue weighted by atomic mass is 10.3. The maximum absolute atomic E-state index is 11.6. The third-order valence-electron chi connectivity index (χ3n) is 2.57. The van der Waals surface area contributed by atoms with Crippen LogP contribution >= 0.6 is 0 Å². The van der Waals surface area contributed by atoms with Gasteiger partial charge in [-0.2, -0.15) is 0 Å². The van der Waals surface area contributed by atoms with Crippen molar-refractivity contribution in [3.8, 4) is 5.75 Å². The number of anilines is 1. The summed E-state index contributed by atoms with van der Waals surface area (Å²) in [7, 11) is 1.88. The Labute approximate surface area is 114 Å². The van der Waals surface area contributed by atoms with Gasteiger partial charge >= 0.3 is 0 Å². The van der Waals surface area contributed by atoms with Crippen LogP contribution in [0.1, 0.15) is 6.42 Å². The van der Waals surface area contributed by atoms with E-state index < -0.39 is 10.0 Å². The zero-order chi connectivity index (χ0) is 14.5. The molecule has 1 aromatic carbocycles. The molecule has 108 valence electrons. The first kappa shape index (κ1) is 15.7. The summed E-state index contributed by atoms with van der Waals surface area (Å²) in [6, 6.07) is 4.45. The maximum atomic E-state index is 11.6. The van der Waals surface area contributed by atoms with Crippen molar-refractivity contribution >= 4 is 15.7 Å². The van der Waals surface area contributed by atoms with Crippen LogP contribution in [0.5, 0.6) is 5.75 Å². The number of hydrogen-bond donors (Lipinski definition) is 2. The van der Waals surface area contributed by atoms with Crippen LogP contribution in [0.3, 0.4) is 0 Å². The van der Waals surface area contributed by atoms with Gasteiger partial charge in [-0.15, -0.1) is 0 Å². The highest BCUT2D eigenvalue weighted by atomic mass is 32.2. The molecule has 1 aromatic rings. The second kappa shape index (κ2) is 6.74. The summed E-state index contributed by atoms with van der Waals surface area (Å²) in [5.74, 6) is 0.508. The topological polar surface area (TPSA) is 84.7 Å². The molecule has 0 saturated carbocycles. The number of hydrogen-bond acceptors (Lipinski definition) is 5. The van der Waals surface area contributed by atoms with Crippen LogP contribution in [0.15, 0.2) is 23.1 Å². The van der Waals surface area contributed by atoms with E-state index in [4.69, 9.17) is 10.5 Å². The third-order valence-corrected chi connectivity index (χ3v) is 3.98. The number of benzene rings is 1. The Hall–Kier alpha value is -1.31. The van der Waals surface area contributed by atoms with Gasteiger partial charge in [0.25, 0.3) is 0 Å². The second-order valence-electron chi connectivity index (χ2n) is 4.41. The standard InChI is InChI=1S/C12H21N3O3S/c1-14-19(16,17)10-5-6-12(11(13)9-10)18-8-4-7-15(2)3/h5-6,9,14H,4,7-8,13H2,1-3H3. The minimum absolute atomic E-state index is 0.133. The fourth-order valence-corrected chi connectivity index (χ4v) is 2.27. The van der Waals surface area contributed by atoms with Gasteiger partial charge in [-0.1, -0.05) is 0 Å². The molecule has 3 N–H and O–H groups in total. The number of nitrogen functional groups attached to an aromatic ring is 1. The first-order valence-electron chi connectivity index (χ1n) is 5.97. The molecule has 0 aliphatic heterocycles. The molecule has 0 atom stereocenters. The Kier molecular flexibility index (Phi) is 5.59. The average Bonchev–Trinajstić information content (AvgIpc) is 2.35. The number of nitrogens with zero attached hydrogens (tertiary/aromatic N) is 1. The highest BCUT2D eigenvalue weighted by Crippen LogP contribution is 2.24. The first-order chi connectivity index (χ1) is 8.86. The largest absolute Gasteiger partial charge is 0.491 e. The normalized spacial score (nSPS) is 11.8. The van der Waals surface area contributed by atoms with Gasteiger partial charge in [-0.25, -0.2) is 13.1 Å². The maximum Gasteiger partial charge on any atom is 0.240 e. The molecule has 0 aliphatic carbocycles. The van der Waals surface area contributed by atoms with E-state index in [1.54, 1.807) is 6.07 Å². The van der Waals surface area contributed by atoms with Crippen molar-refractivity contribution in [1.82, 2.24) is 9.62 Å². The Morgan fingerprint density at radius 1 is 1.37 bits per heavy atom. The molecule has 0 heterocycles. The fourth-order valence-electron chi connectivity index (χ4n) is 1.51. The molecule has 0 amide bonds. The summed E-state index contributed by atoms with van der Waals surface area (Å²) in [5, 5.41) is 0. The zero-order valence-electron chi connectivity index (χ0n) is 11.5. The SMILES string of the molecule is CNS(=O)(=O)c1ccc(OCCCN(C)C)c(N)c1. The first-order valence-corrected chi connectivity index (χ1v) is 7.45. The fraction of sp³-hybridized carbons (Fsp3) is 0.500. The monoisotopic (exact) mass is 287 g/mol. The van der Waals surface area contributed by atoms with E-state index in [1.807, 2.05) is 14.1 Å². The smallest absolute Gasteiger partial charge is 0.240 e. The van der Waals surface area contributed by atoms with Crippen molar-refractivity contribution in [3.63, 3.8) is 0 Å². The van der Waals surface area contributed by atoms with Crippen molar-refractivity contribution in [2.45, 2.75) is 11.3 Å². The number of nitrogens with two attached hydrogens (primary N) is 1. The van der Waals surface area contributed by atoms with E-state index in [2.05, 4.69) is 9.62 Å². The van der Waals surface area contributed by atoms with E-state index in [0.29, 0.717) is 18.0 Å². The lowest BCUT2D eigenvalue weighted by Crippen LogP contribution is -2.19. The van der Waals surface area contributed by atoms with Gasteiger partial charge in [0.2, 0.25) is 10.0 Å². The minimum Gasteiger partial charge on any atom is -0.491 e. The quantitative estimate of drug-likeness (QED) is 0.564. The van der Waals surface area contributed by atoms with Gasteiger partial charge in [0.15, 0.2) is 0 Å². The van der Waals surface area contributed by atoms with E-state index in [0.717, 1.165) is 13.0 Å². The summed E-state index contributed by atoms with van der Waals surface area (Å²) in [6.07, 6.45) is 0.878. The summed E-state index contributed by atoms with van der Waals surface area (Å²) >= 11 is 0. The molecule has 1 rings (SSSR count). The molecule has 0 saturated heterocycles.